The van der Waals surface area contributed by atoms with Crippen molar-refractivity contribution in [2.24, 2.45) is 5.92 Å². The maximum Gasteiger partial charge on any atom is 0.457 e. The van der Waals surface area contributed by atoms with E-state index in [4.69, 9.17) is 4.65 Å². The molecule has 0 bridgehead atoms. The molecule has 0 amide bonds. The Labute approximate surface area is 61.7 Å². The fourth-order valence-electron chi connectivity index (χ4n) is 2.16. The van der Waals surface area contributed by atoms with Gasteiger partial charge >= 0.3 is 7.12 Å². The zero-order valence-corrected chi connectivity index (χ0v) is 6.12. The van der Waals surface area contributed by atoms with Crippen molar-refractivity contribution in [3.8, 4) is 0 Å². The summed E-state index contributed by atoms with van der Waals surface area (Å²) in [7, 11) is -0.440. The first kappa shape index (κ1) is 6.68. The molecular weight excluding hydrogens is 127 g/mol. The summed E-state index contributed by atoms with van der Waals surface area (Å²) in [4.78, 5) is 0. The second kappa shape index (κ2) is 2.55. The second-order valence-corrected chi connectivity index (χ2v) is 3.43. The monoisotopic (exact) mass is 140 g/mol. The molecule has 2 unspecified atom stereocenters. The van der Waals surface area contributed by atoms with Gasteiger partial charge in [-0.05, 0) is 18.2 Å². The maximum atomic E-state index is 9.30. The molecule has 1 saturated heterocycles. The molecule has 1 aliphatic carbocycles. The quantitative estimate of drug-likeness (QED) is 0.509. The zero-order valence-electron chi connectivity index (χ0n) is 6.12. The summed E-state index contributed by atoms with van der Waals surface area (Å²) in [5, 5.41) is 9.30. The normalized spacial score (nSPS) is 39.9. The van der Waals surface area contributed by atoms with Crippen LogP contribution >= 0.6 is 0 Å². The average Bonchev–Trinajstić information content (AvgIpc) is 2.34. The largest absolute Gasteiger partial charge is 0.457 e. The van der Waals surface area contributed by atoms with Crippen molar-refractivity contribution in [3.63, 3.8) is 0 Å². The van der Waals surface area contributed by atoms with Crippen LogP contribution in [0.15, 0.2) is 0 Å². The fraction of sp³-hybridized carbons (Fsp3) is 1.00. The predicted molar refractivity (Wildman–Crippen MR) is 39.6 cm³/mol. The smallest absolute Gasteiger partial charge is 0.427 e. The van der Waals surface area contributed by atoms with Gasteiger partial charge in [-0.2, -0.15) is 0 Å². The molecule has 1 aliphatic heterocycles. The molecule has 1 heterocycles. The molecule has 10 heavy (non-hydrogen) atoms. The third-order valence-electron chi connectivity index (χ3n) is 2.82. The molecule has 2 aliphatic rings. The highest BCUT2D eigenvalue weighted by Gasteiger charge is 2.41. The molecule has 1 saturated carbocycles. The van der Waals surface area contributed by atoms with Crippen molar-refractivity contribution in [2.45, 2.75) is 31.5 Å². The van der Waals surface area contributed by atoms with E-state index in [1.54, 1.807) is 0 Å². The molecule has 3 heteroatoms. The minimum Gasteiger partial charge on any atom is -0.427 e. The van der Waals surface area contributed by atoms with Crippen molar-refractivity contribution in [3.05, 3.63) is 0 Å². The molecule has 2 atom stereocenters. The number of hydrogen-bond donors (Lipinski definition) is 1. The van der Waals surface area contributed by atoms with Gasteiger partial charge in [-0.25, -0.2) is 0 Å². The summed E-state index contributed by atoms with van der Waals surface area (Å²) in [6, 6.07) is 0. The lowest BCUT2D eigenvalue weighted by Crippen LogP contribution is -2.21. The topological polar surface area (TPSA) is 29.5 Å². The van der Waals surface area contributed by atoms with Gasteiger partial charge in [0.1, 0.15) is 0 Å². The molecular formula is C7H13BO2. The van der Waals surface area contributed by atoms with E-state index in [0.717, 1.165) is 6.61 Å². The standard InChI is InChI=1S/C7H13BO2/c9-8-7-4-2-1-3-6(7)5-10-8/h6-7,9H,1-5H2. The van der Waals surface area contributed by atoms with Gasteiger partial charge < -0.3 is 9.68 Å². The Balaban J connectivity index is 2.01. The van der Waals surface area contributed by atoms with E-state index in [9.17, 15) is 5.02 Å². The van der Waals surface area contributed by atoms with E-state index in [-0.39, 0.29) is 0 Å². The molecule has 0 aromatic heterocycles. The molecule has 56 valence electrons. The molecule has 2 nitrogen and oxygen atoms in total. The van der Waals surface area contributed by atoms with E-state index in [0.29, 0.717) is 11.7 Å². The summed E-state index contributed by atoms with van der Waals surface area (Å²) >= 11 is 0. The molecule has 0 spiro atoms. The van der Waals surface area contributed by atoms with E-state index in [1.807, 2.05) is 0 Å². The Morgan fingerprint density at radius 2 is 2.10 bits per heavy atom. The number of hydrogen-bond acceptors (Lipinski definition) is 2. The number of fused-ring (bicyclic) bond motifs is 1. The van der Waals surface area contributed by atoms with Crippen LogP contribution < -0.4 is 0 Å². The zero-order chi connectivity index (χ0) is 6.97. The highest BCUT2D eigenvalue weighted by atomic mass is 16.5. The first-order chi connectivity index (χ1) is 4.88. The summed E-state index contributed by atoms with van der Waals surface area (Å²) < 4.78 is 5.16. The molecule has 2 rings (SSSR count). The van der Waals surface area contributed by atoms with Crippen molar-refractivity contribution in [2.75, 3.05) is 6.61 Å². The second-order valence-electron chi connectivity index (χ2n) is 3.43. The van der Waals surface area contributed by atoms with Crippen molar-refractivity contribution in [1.82, 2.24) is 0 Å². The molecule has 0 radical (unpaired) electrons. The van der Waals surface area contributed by atoms with Crippen LogP contribution in [-0.2, 0) is 4.65 Å². The summed E-state index contributed by atoms with van der Waals surface area (Å²) in [5.41, 5.74) is 0. The van der Waals surface area contributed by atoms with E-state index < -0.39 is 7.12 Å². The third-order valence-corrected chi connectivity index (χ3v) is 2.82. The third kappa shape index (κ3) is 0.975. The maximum absolute atomic E-state index is 9.30. The van der Waals surface area contributed by atoms with Gasteiger partial charge in [-0.3, -0.25) is 0 Å². The van der Waals surface area contributed by atoms with Gasteiger partial charge in [-0.15, -0.1) is 0 Å². The first-order valence-corrected chi connectivity index (χ1v) is 4.17. The van der Waals surface area contributed by atoms with Gasteiger partial charge in [0.2, 0.25) is 0 Å². The SMILES string of the molecule is OB1OCC2CCCCC12. The Bertz CT molecular complexity index is 127. The predicted octanol–water partition coefficient (Wildman–Crippen LogP) is 1.06. The van der Waals surface area contributed by atoms with E-state index in [1.165, 1.54) is 25.7 Å². The highest BCUT2D eigenvalue weighted by Crippen LogP contribution is 2.40. The van der Waals surface area contributed by atoms with Crippen LogP contribution in [0, 0.1) is 5.92 Å². The fourth-order valence-corrected chi connectivity index (χ4v) is 2.16. The number of rotatable bonds is 0. The van der Waals surface area contributed by atoms with Gasteiger partial charge in [0.05, 0.1) is 0 Å². The van der Waals surface area contributed by atoms with Crippen LogP contribution in [0.25, 0.3) is 0 Å². The van der Waals surface area contributed by atoms with Gasteiger partial charge in [0.15, 0.2) is 0 Å². The van der Waals surface area contributed by atoms with Crippen LogP contribution in [0.1, 0.15) is 25.7 Å². The first-order valence-electron chi connectivity index (χ1n) is 4.17. The lowest BCUT2D eigenvalue weighted by atomic mass is 9.63. The Morgan fingerprint density at radius 3 is 2.90 bits per heavy atom. The summed E-state index contributed by atoms with van der Waals surface area (Å²) in [6.45, 7) is 0.797. The van der Waals surface area contributed by atoms with E-state index in [2.05, 4.69) is 0 Å². The minimum atomic E-state index is -0.440. The van der Waals surface area contributed by atoms with Crippen LogP contribution in [0.2, 0.25) is 5.82 Å². The summed E-state index contributed by atoms with van der Waals surface area (Å²) in [5.74, 6) is 1.14. The molecule has 0 aromatic rings. The van der Waals surface area contributed by atoms with Gasteiger partial charge in [0, 0.05) is 6.61 Å². The van der Waals surface area contributed by atoms with Crippen molar-refractivity contribution in [1.29, 1.82) is 0 Å². The van der Waals surface area contributed by atoms with Crippen LogP contribution in [0.4, 0.5) is 0 Å². The molecule has 1 N–H and O–H groups in total. The van der Waals surface area contributed by atoms with Gasteiger partial charge in [0.25, 0.3) is 0 Å². The lowest BCUT2D eigenvalue weighted by molar-refractivity contribution is 0.259. The Hall–Kier alpha value is -0.0151. The molecule has 0 aromatic carbocycles. The van der Waals surface area contributed by atoms with Crippen LogP contribution in [0.5, 0.6) is 0 Å². The summed E-state index contributed by atoms with van der Waals surface area (Å²) in [6.07, 6.45) is 5.05. The van der Waals surface area contributed by atoms with Crippen LogP contribution in [0.3, 0.4) is 0 Å². The molecule has 2 fully saturated rings. The van der Waals surface area contributed by atoms with Gasteiger partial charge in [-0.1, -0.05) is 19.3 Å². The van der Waals surface area contributed by atoms with Crippen molar-refractivity contribution >= 4 is 7.12 Å². The Kier molecular flexibility index (Phi) is 1.70. The lowest BCUT2D eigenvalue weighted by Gasteiger charge is -2.22. The minimum absolute atomic E-state index is 0.440. The highest BCUT2D eigenvalue weighted by molar-refractivity contribution is 6.45. The average molecular weight is 140 g/mol. The Morgan fingerprint density at radius 1 is 1.30 bits per heavy atom. The van der Waals surface area contributed by atoms with E-state index >= 15 is 0 Å². The van der Waals surface area contributed by atoms with Crippen LogP contribution in [-0.4, -0.2) is 18.7 Å². The van der Waals surface area contributed by atoms with Crippen molar-refractivity contribution < 1.29 is 9.68 Å².